The molecule has 0 saturated heterocycles. The summed E-state index contributed by atoms with van der Waals surface area (Å²) >= 11 is 0. The van der Waals surface area contributed by atoms with Crippen molar-refractivity contribution in [3.05, 3.63) is 48.0 Å². The zero-order valence-electron chi connectivity index (χ0n) is 10.0. The normalized spacial score (nSPS) is 10.2. The van der Waals surface area contributed by atoms with E-state index in [-0.39, 0.29) is 5.75 Å². The lowest BCUT2D eigenvalue weighted by atomic mass is 10.0. The Morgan fingerprint density at radius 1 is 0.889 bits per heavy atom. The average Bonchev–Trinajstić information content (AvgIpc) is 2.38. The quantitative estimate of drug-likeness (QED) is 0.827. The standard InChI is InChI=1S/C14H12F2O2/c1-17-13-7-6-9(15)8-11(13)10-4-3-5-12(16)14(10)18-2/h3-8H,1-2H3. The van der Waals surface area contributed by atoms with Crippen LogP contribution in [0, 0.1) is 11.6 Å². The third-order valence-corrected chi connectivity index (χ3v) is 2.62. The first kappa shape index (κ1) is 12.4. The highest BCUT2D eigenvalue weighted by Crippen LogP contribution is 2.37. The van der Waals surface area contributed by atoms with E-state index < -0.39 is 11.6 Å². The second kappa shape index (κ2) is 5.04. The Morgan fingerprint density at radius 2 is 1.67 bits per heavy atom. The van der Waals surface area contributed by atoms with Crippen molar-refractivity contribution in [2.75, 3.05) is 14.2 Å². The third kappa shape index (κ3) is 2.14. The van der Waals surface area contributed by atoms with Crippen LogP contribution in [0.2, 0.25) is 0 Å². The summed E-state index contributed by atoms with van der Waals surface area (Å²) in [5.41, 5.74) is 0.905. The second-order valence-corrected chi connectivity index (χ2v) is 3.67. The molecule has 2 aromatic rings. The Hall–Kier alpha value is -2.10. The minimum Gasteiger partial charge on any atom is -0.496 e. The van der Waals surface area contributed by atoms with Crippen LogP contribution in [0.25, 0.3) is 11.1 Å². The molecule has 0 aliphatic rings. The van der Waals surface area contributed by atoms with Crippen LogP contribution in [-0.2, 0) is 0 Å². The van der Waals surface area contributed by atoms with Gasteiger partial charge >= 0.3 is 0 Å². The fraction of sp³-hybridized carbons (Fsp3) is 0.143. The number of hydrogen-bond donors (Lipinski definition) is 0. The maximum absolute atomic E-state index is 13.6. The van der Waals surface area contributed by atoms with Gasteiger partial charge in [-0.25, -0.2) is 8.78 Å². The van der Waals surface area contributed by atoms with Gasteiger partial charge in [-0.1, -0.05) is 12.1 Å². The molecule has 2 aromatic carbocycles. The van der Waals surface area contributed by atoms with Gasteiger partial charge in [-0.15, -0.1) is 0 Å². The molecule has 94 valence electrons. The highest BCUT2D eigenvalue weighted by molar-refractivity contribution is 5.76. The molecule has 2 rings (SSSR count). The van der Waals surface area contributed by atoms with Gasteiger partial charge in [0.25, 0.3) is 0 Å². The zero-order valence-corrected chi connectivity index (χ0v) is 10.0. The Bertz CT molecular complexity index is 568. The number of rotatable bonds is 3. The van der Waals surface area contributed by atoms with Gasteiger partial charge in [0.15, 0.2) is 11.6 Å². The molecular formula is C14H12F2O2. The summed E-state index contributed by atoms with van der Waals surface area (Å²) in [6.07, 6.45) is 0. The van der Waals surface area contributed by atoms with Crippen LogP contribution in [0.4, 0.5) is 8.78 Å². The van der Waals surface area contributed by atoms with E-state index >= 15 is 0 Å². The topological polar surface area (TPSA) is 18.5 Å². The highest BCUT2D eigenvalue weighted by Gasteiger charge is 2.15. The second-order valence-electron chi connectivity index (χ2n) is 3.67. The van der Waals surface area contributed by atoms with E-state index in [2.05, 4.69) is 0 Å². The van der Waals surface area contributed by atoms with Gasteiger partial charge in [-0.3, -0.25) is 0 Å². The number of hydrogen-bond acceptors (Lipinski definition) is 2. The van der Waals surface area contributed by atoms with Crippen molar-refractivity contribution in [2.45, 2.75) is 0 Å². The van der Waals surface area contributed by atoms with E-state index in [0.29, 0.717) is 16.9 Å². The van der Waals surface area contributed by atoms with E-state index in [1.54, 1.807) is 6.07 Å². The van der Waals surface area contributed by atoms with E-state index in [4.69, 9.17) is 9.47 Å². The van der Waals surface area contributed by atoms with Crippen molar-refractivity contribution >= 4 is 0 Å². The van der Waals surface area contributed by atoms with E-state index in [1.165, 1.54) is 44.6 Å². The zero-order chi connectivity index (χ0) is 13.1. The molecular weight excluding hydrogens is 238 g/mol. The molecule has 4 heteroatoms. The summed E-state index contributed by atoms with van der Waals surface area (Å²) in [5, 5.41) is 0. The van der Waals surface area contributed by atoms with Crippen LogP contribution >= 0.6 is 0 Å². The van der Waals surface area contributed by atoms with Crippen LogP contribution in [0.5, 0.6) is 11.5 Å². The smallest absolute Gasteiger partial charge is 0.165 e. The van der Waals surface area contributed by atoms with Crippen molar-refractivity contribution in [3.63, 3.8) is 0 Å². The van der Waals surface area contributed by atoms with Gasteiger partial charge in [0.1, 0.15) is 11.6 Å². The first-order valence-corrected chi connectivity index (χ1v) is 5.33. The largest absolute Gasteiger partial charge is 0.496 e. The summed E-state index contributed by atoms with van der Waals surface area (Å²) in [6.45, 7) is 0. The van der Waals surface area contributed by atoms with Gasteiger partial charge in [-0.05, 0) is 24.3 Å². The first-order valence-electron chi connectivity index (χ1n) is 5.33. The number of methoxy groups -OCH3 is 2. The van der Waals surface area contributed by atoms with Crippen LogP contribution in [-0.4, -0.2) is 14.2 Å². The van der Waals surface area contributed by atoms with Gasteiger partial charge in [-0.2, -0.15) is 0 Å². The van der Waals surface area contributed by atoms with Gasteiger partial charge in [0.05, 0.1) is 14.2 Å². The molecule has 0 bridgehead atoms. The van der Waals surface area contributed by atoms with E-state index in [9.17, 15) is 8.78 Å². The van der Waals surface area contributed by atoms with Crippen LogP contribution < -0.4 is 9.47 Å². The van der Waals surface area contributed by atoms with Crippen molar-refractivity contribution < 1.29 is 18.3 Å². The number of para-hydroxylation sites is 1. The number of benzene rings is 2. The van der Waals surface area contributed by atoms with Crippen molar-refractivity contribution in [2.24, 2.45) is 0 Å². The fourth-order valence-corrected chi connectivity index (χ4v) is 1.82. The molecule has 0 spiro atoms. The summed E-state index contributed by atoms with van der Waals surface area (Å²) in [7, 11) is 2.84. The lowest BCUT2D eigenvalue weighted by Gasteiger charge is -2.12. The lowest BCUT2D eigenvalue weighted by Crippen LogP contribution is -1.94. The molecule has 0 aliphatic carbocycles. The molecule has 18 heavy (non-hydrogen) atoms. The molecule has 0 N–H and O–H groups in total. The predicted molar refractivity (Wildman–Crippen MR) is 64.9 cm³/mol. The van der Waals surface area contributed by atoms with Crippen LogP contribution in [0.3, 0.4) is 0 Å². The minimum absolute atomic E-state index is 0.0707. The number of ether oxygens (including phenoxy) is 2. The highest BCUT2D eigenvalue weighted by atomic mass is 19.1. The SMILES string of the molecule is COc1ccc(F)cc1-c1cccc(F)c1OC. The molecule has 2 nitrogen and oxygen atoms in total. The first-order chi connectivity index (χ1) is 8.67. The maximum Gasteiger partial charge on any atom is 0.165 e. The van der Waals surface area contributed by atoms with Crippen molar-refractivity contribution in [1.29, 1.82) is 0 Å². The summed E-state index contributed by atoms with van der Waals surface area (Å²) in [5.74, 6) is -0.389. The predicted octanol–water partition coefficient (Wildman–Crippen LogP) is 3.65. The molecule has 0 radical (unpaired) electrons. The fourth-order valence-electron chi connectivity index (χ4n) is 1.82. The van der Waals surface area contributed by atoms with Crippen LogP contribution in [0.15, 0.2) is 36.4 Å². The Morgan fingerprint density at radius 3 is 2.33 bits per heavy atom. The van der Waals surface area contributed by atoms with Crippen molar-refractivity contribution in [3.8, 4) is 22.6 Å². The third-order valence-electron chi connectivity index (χ3n) is 2.62. The van der Waals surface area contributed by atoms with Gasteiger partial charge < -0.3 is 9.47 Å². The monoisotopic (exact) mass is 250 g/mol. The van der Waals surface area contributed by atoms with E-state index in [0.717, 1.165) is 0 Å². The average molecular weight is 250 g/mol. The molecule has 0 amide bonds. The molecule has 0 unspecified atom stereocenters. The van der Waals surface area contributed by atoms with Gasteiger partial charge in [0.2, 0.25) is 0 Å². The molecule has 0 heterocycles. The molecule has 0 atom stereocenters. The molecule has 0 aliphatic heterocycles. The van der Waals surface area contributed by atoms with Crippen LogP contribution in [0.1, 0.15) is 0 Å². The Balaban J connectivity index is 2.68. The lowest BCUT2D eigenvalue weighted by molar-refractivity contribution is 0.387. The minimum atomic E-state index is -0.499. The Labute approximate surface area is 104 Å². The summed E-state index contributed by atoms with van der Waals surface area (Å²) in [4.78, 5) is 0. The Kier molecular flexibility index (Phi) is 3.46. The molecule has 0 aromatic heterocycles. The summed E-state index contributed by atoms with van der Waals surface area (Å²) < 4.78 is 37.1. The van der Waals surface area contributed by atoms with Gasteiger partial charge in [0, 0.05) is 11.1 Å². The maximum atomic E-state index is 13.6. The molecule has 0 fully saturated rings. The van der Waals surface area contributed by atoms with Crippen molar-refractivity contribution in [1.82, 2.24) is 0 Å². The van der Waals surface area contributed by atoms with E-state index in [1.807, 2.05) is 0 Å². The molecule has 0 saturated carbocycles. The summed E-state index contributed by atoms with van der Waals surface area (Å²) in [6, 6.07) is 8.55. The number of halogens is 2.